The second-order valence-electron chi connectivity index (χ2n) is 5.62. The summed E-state index contributed by atoms with van der Waals surface area (Å²) in [6.45, 7) is -0.364. The van der Waals surface area contributed by atoms with Crippen molar-refractivity contribution in [3.8, 4) is 0 Å². The molecule has 7 N–H and O–H groups in total. The molecule has 0 radical (unpaired) electrons. The van der Waals surface area contributed by atoms with Crippen molar-refractivity contribution >= 4 is 30.9 Å². The SMILES string of the molecule is Nc1nc2c(nc([NH+]([O-])O)n2C2OC3COP(=O)(O)OC3C2O)c(=O)[nH]1. The van der Waals surface area contributed by atoms with Gasteiger partial charge < -0.3 is 25.7 Å². The number of hydrogen-bond donors (Lipinski definition) is 6. The van der Waals surface area contributed by atoms with Crippen LogP contribution in [0.5, 0.6) is 0 Å². The number of H-pyrrole nitrogens is 1. The number of phosphoric acid groups is 1. The molecule has 0 spiro atoms. The molecule has 0 aliphatic carbocycles. The largest absolute Gasteiger partial charge is 0.592 e. The van der Waals surface area contributed by atoms with E-state index in [9.17, 15) is 29.8 Å². The van der Waals surface area contributed by atoms with Crippen molar-refractivity contribution < 1.29 is 38.8 Å². The number of imidazole rings is 1. The zero-order valence-corrected chi connectivity index (χ0v) is 13.6. The van der Waals surface area contributed by atoms with Gasteiger partial charge in [-0.25, -0.2) is 14.3 Å². The van der Waals surface area contributed by atoms with E-state index in [4.69, 9.17) is 15.0 Å². The van der Waals surface area contributed by atoms with Gasteiger partial charge in [-0.1, -0.05) is 0 Å². The third-order valence-corrected chi connectivity index (χ3v) is 4.97. The molecule has 0 bridgehead atoms. The fraction of sp³-hybridized carbons (Fsp3) is 0.500. The predicted octanol–water partition coefficient (Wildman–Crippen LogP) is -3.12. The quantitative estimate of drug-likeness (QED) is 0.221. The Hall–Kier alpha value is -1.94. The van der Waals surface area contributed by atoms with E-state index in [1.165, 1.54) is 0 Å². The number of hydrogen-bond acceptors (Lipinski definition) is 11. The summed E-state index contributed by atoms with van der Waals surface area (Å²) >= 11 is 0. The molecule has 0 saturated carbocycles. The summed E-state index contributed by atoms with van der Waals surface area (Å²) in [4.78, 5) is 31.1. The Balaban J connectivity index is 1.85. The number of anilines is 1. The van der Waals surface area contributed by atoms with E-state index in [1.807, 2.05) is 0 Å². The zero-order chi connectivity index (χ0) is 18.8. The maximum Gasteiger partial charge on any atom is 0.472 e. The third-order valence-electron chi connectivity index (χ3n) is 3.98. The van der Waals surface area contributed by atoms with Gasteiger partial charge in [0, 0.05) is 0 Å². The van der Waals surface area contributed by atoms with Crippen molar-refractivity contribution in [2.45, 2.75) is 24.5 Å². The normalized spacial score (nSPS) is 35.5. The summed E-state index contributed by atoms with van der Waals surface area (Å²) < 4.78 is 27.4. The lowest BCUT2D eigenvalue weighted by Crippen LogP contribution is -3.00. The van der Waals surface area contributed by atoms with E-state index in [-0.39, 0.29) is 23.7 Å². The average molecular weight is 392 g/mol. The molecule has 2 aromatic rings. The number of nitrogen functional groups attached to an aromatic ring is 1. The summed E-state index contributed by atoms with van der Waals surface area (Å²) in [5, 5.41) is 29.9. The van der Waals surface area contributed by atoms with Gasteiger partial charge in [0.05, 0.1) is 6.61 Å². The second kappa shape index (κ2) is 5.78. The van der Waals surface area contributed by atoms with E-state index in [0.717, 1.165) is 4.57 Å². The number of nitrogens with two attached hydrogens (primary N) is 1. The molecule has 0 aromatic carbocycles. The first-order chi connectivity index (χ1) is 12.2. The number of rotatable bonds is 2. The highest BCUT2D eigenvalue weighted by Gasteiger charge is 2.53. The van der Waals surface area contributed by atoms with E-state index in [2.05, 4.69) is 19.5 Å². The molecule has 142 valence electrons. The van der Waals surface area contributed by atoms with Crippen molar-refractivity contribution in [3.63, 3.8) is 0 Å². The lowest BCUT2D eigenvalue weighted by Gasteiger charge is -2.27. The molecular formula is C10H13N6O9P. The van der Waals surface area contributed by atoms with Crippen LogP contribution in [0, 0.1) is 5.21 Å². The minimum atomic E-state index is -4.36. The van der Waals surface area contributed by atoms with Crippen LogP contribution >= 0.6 is 7.82 Å². The lowest BCUT2D eigenvalue weighted by molar-refractivity contribution is -0.996. The first-order valence-corrected chi connectivity index (χ1v) is 8.68. The number of quaternary nitrogens is 1. The Labute approximate surface area is 142 Å². The highest BCUT2D eigenvalue weighted by molar-refractivity contribution is 7.47. The predicted molar refractivity (Wildman–Crippen MR) is 78.9 cm³/mol. The van der Waals surface area contributed by atoms with Crippen molar-refractivity contribution in [2.24, 2.45) is 0 Å². The minimum absolute atomic E-state index is 0.237. The summed E-state index contributed by atoms with van der Waals surface area (Å²) in [7, 11) is -4.36. The fourth-order valence-corrected chi connectivity index (χ4v) is 3.91. The highest BCUT2D eigenvalue weighted by atomic mass is 31.2. The zero-order valence-electron chi connectivity index (χ0n) is 12.7. The first kappa shape index (κ1) is 17.5. The van der Waals surface area contributed by atoms with E-state index < -0.39 is 49.1 Å². The number of fused-ring (bicyclic) bond motifs is 2. The smallest absolute Gasteiger partial charge is 0.472 e. The van der Waals surface area contributed by atoms with Crippen LogP contribution in [0.15, 0.2) is 4.79 Å². The number of aliphatic hydroxyl groups is 1. The van der Waals surface area contributed by atoms with E-state index in [0.29, 0.717) is 0 Å². The number of nitrogens with one attached hydrogen (secondary N) is 2. The number of aliphatic hydroxyl groups excluding tert-OH is 1. The van der Waals surface area contributed by atoms with Crippen molar-refractivity contribution in [1.29, 1.82) is 0 Å². The Morgan fingerprint density at radius 3 is 2.88 bits per heavy atom. The topological polar surface area (TPSA) is 223 Å². The molecule has 2 aliphatic rings. The molecule has 2 fully saturated rings. The number of aromatic nitrogens is 4. The molecular weight excluding hydrogens is 379 g/mol. The van der Waals surface area contributed by atoms with Gasteiger partial charge in [0.2, 0.25) is 5.95 Å². The van der Waals surface area contributed by atoms with Crippen LogP contribution in [0.4, 0.5) is 11.9 Å². The van der Waals surface area contributed by atoms with Crippen LogP contribution in [-0.4, -0.2) is 59.6 Å². The number of phosphoric ester groups is 1. The monoisotopic (exact) mass is 392 g/mol. The Morgan fingerprint density at radius 2 is 2.19 bits per heavy atom. The Bertz CT molecular complexity index is 974. The highest BCUT2D eigenvalue weighted by Crippen LogP contribution is 2.52. The maximum atomic E-state index is 12.0. The van der Waals surface area contributed by atoms with Gasteiger partial charge in [-0.3, -0.25) is 18.8 Å². The Kier molecular flexibility index (Phi) is 3.88. The number of nitrogens with zero attached hydrogens (tertiary/aromatic N) is 3. The fourth-order valence-electron chi connectivity index (χ4n) is 2.94. The van der Waals surface area contributed by atoms with Gasteiger partial charge in [-0.15, -0.1) is 0 Å². The molecule has 2 aliphatic heterocycles. The summed E-state index contributed by atoms with van der Waals surface area (Å²) in [5.74, 6) is -0.940. The molecule has 6 unspecified atom stereocenters. The van der Waals surface area contributed by atoms with Gasteiger partial charge in [-0.2, -0.15) is 15.2 Å². The summed E-state index contributed by atoms with van der Waals surface area (Å²) in [5.41, 5.74) is 4.15. The van der Waals surface area contributed by atoms with Crippen LogP contribution in [0.3, 0.4) is 0 Å². The summed E-state index contributed by atoms with van der Waals surface area (Å²) in [6.07, 6.45) is -5.20. The molecule has 4 heterocycles. The Morgan fingerprint density at radius 1 is 1.46 bits per heavy atom. The van der Waals surface area contributed by atoms with Gasteiger partial charge in [0.25, 0.3) is 5.56 Å². The lowest BCUT2D eigenvalue weighted by atomic mass is 10.1. The van der Waals surface area contributed by atoms with Crippen LogP contribution in [0.25, 0.3) is 11.2 Å². The molecule has 6 atom stereocenters. The summed E-state index contributed by atoms with van der Waals surface area (Å²) in [6, 6.07) is 0. The maximum absolute atomic E-state index is 12.0. The molecule has 15 nitrogen and oxygen atoms in total. The van der Waals surface area contributed by atoms with Gasteiger partial charge in [0.1, 0.15) is 18.3 Å². The molecule has 2 saturated heterocycles. The van der Waals surface area contributed by atoms with Crippen LogP contribution < -0.4 is 16.5 Å². The number of aromatic amines is 1. The van der Waals surface area contributed by atoms with Gasteiger partial charge in [-0.05, 0) is 0 Å². The standard InChI is InChI=1S/C10H13N6O9P/c11-9-13-6-3(7(18)14-9)12-10(16(19)20)15(6)8-4(17)5-2(24-8)1-23-26(21,22)25-5/h2,4-5,8,16-17,19H,1H2,(H,21,22)(H3,11,13,14,18). The average Bonchev–Trinajstić information content (AvgIpc) is 3.05. The second-order valence-corrected chi connectivity index (χ2v) is 7.03. The third kappa shape index (κ3) is 2.62. The molecule has 2 aromatic heterocycles. The first-order valence-electron chi connectivity index (χ1n) is 7.18. The van der Waals surface area contributed by atoms with Gasteiger partial charge >= 0.3 is 13.8 Å². The van der Waals surface area contributed by atoms with Crippen molar-refractivity contribution in [3.05, 3.63) is 15.6 Å². The molecule has 0 amide bonds. The van der Waals surface area contributed by atoms with Crippen LogP contribution in [0.2, 0.25) is 0 Å². The van der Waals surface area contributed by atoms with Gasteiger partial charge in [0.15, 0.2) is 17.4 Å². The van der Waals surface area contributed by atoms with Crippen molar-refractivity contribution in [2.75, 3.05) is 12.3 Å². The molecule has 26 heavy (non-hydrogen) atoms. The van der Waals surface area contributed by atoms with Crippen LogP contribution in [0.1, 0.15) is 6.23 Å². The minimum Gasteiger partial charge on any atom is -0.592 e. The van der Waals surface area contributed by atoms with E-state index >= 15 is 0 Å². The van der Waals surface area contributed by atoms with Crippen LogP contribution in [-0.2, 0) is 18.3 Å². The van der Waals surface area contributed by atoms with E-state index in [1.54, 1.807) is 0 Å². The molecule has 16 heteroatoms. The number of ether oxygens (including phenoxy) is 1. The molecule has 4 rings (SSSR count). The van der Waals surface area contributed by atoms with Crippen molar-refractivity contribution in [1.82, 2.24) is 19.5 Å².